The van der Waals surface area contributed by atoms with Crippen LogP contribution >= 0.6 is 0 Å². The molecule has 0 unspecified atom stereocenters. The van der Waals surface area contributed by atoms with E-state index in [2.05, 4.69) is 9.47 Å². The van der Waals surface area contributed by atoms with E-state index in [1.54, 1.807) is 0 Å². The van der Waals surface area contributed by atoms with E-state index in [-0.39, 0.29) is 38.9 Å². The van der Waals surface area contributed by atoms with Gasteiger partial charge in [-0.3, -0.25) is 19.2 Å². The Labute approximate surface area is 122 Å². The summed E-state index contributed by atoms with van der Waals surface area (Å²) in [6.07, 6.45) is 1.62. The van der Waals surface area contributed by atoms with Crippen molar-refractivity contribution in [1.82, 2.24) is 0 Å². The first-order chi connectivity index (χ1) is 9.91. The molecule has 120 valence electrons. The van der Waals surface area contributed by atoms with Crippen molar-refractivity contribution in [3.05, 3.63) is 0 Å². The number of unbranched alkanes of at least 4 members (excludes halogenated alkanes) is 2. The number of carbonyl (C=O) groups is 4. The van der Waals surface area contributed by atoms with Crippen molar-refractivity contribution in [2.75, 3.05) is 13.2 Å². The number of hydrogen-bond donors (Lipinski definition) is 2. The van der Waals surface area contributed by atoms with Gasteiger partial charge in [-0.15, -0.1) is 0 Å². The SMILES string of the molecule is O=C(O)CCOC(=O)CCCCCC(=O)OCCC(=O)O. The molecule has 0 aromatic carbocycles. The summed E-state index contributed by atoms with van der Waals surface area (Å²) < 4.78 is 9.38. The smallest absolute Gasteiger partial charge is 0.306 e. The highest BCUT2D eigenvalue weighted by Gasteiger charge is 2.07. The van der Waals surface area contributed by atoms with E-state index in [9.17, 15) is 19.2 Å². The van der Waals surface area contributed by atoms with Crippen LogP contribution in [0.4, 0.5) is 0 Å². The van der Waals surface area contributed by atoms with Crippen LogP contribution in [-0.2, 0) is 28.7 Å². The number of carboxylic acids is 2. The number of esters is 2. The topological polar surface area (TPSA) is 127 Å². The molecule has 0 heterocycles. The Morgan fingerprint density at radius 3 is 1.33 bits per heavy atom. The van der Waals surface area contributed by atoms with Gasteiger partial charge in [0, 0.05) is 12.8 Å². The van der Waals surface area contributed by atoms with Crippen molar-refractivity contribution in [3.8, 4) is 0 Å². The normalized spacial score (nSPS) is 9.90. The van der Waals surface area contributed by atoms with Crippen LogP contribution in [-0.4, -0.2) is 47.3 Å². The van der Waals surface area contributed by atoms with Gasteiger partial charge in [-0.1, -0.05) is 6.42 Å². The van der Waals surface area contributed by atoms with E-state index in [1.165, 1.54) is 0 Å². The highest BCUT2D eigenvalue weighted by molar-refractivity contribution is 5.71. The maximum absolute atomic E-state index is 11.2. The van der Waals surface area contributed by atoms with Crippen molar-refractivity contribution in [2.24, 2.45) is 0 Å². The van der Waals surface area contributed by atoms with E-state index in [0.29, 0.717) is 19.3 Å². The first-order valence-corrected chi connectivity index (χ1v) is 6.66. The number of aliphatic carboxylic acids is 2. The van der Waals surface area contributed by atoms with Gasteiger partial charge in [0.25, 0.3) is 0 Å². The maximum atomic E-state index is 11.2. The number of carbonyl (C=O) groups excluding carboxylic acids is 2. The fraction of sp³-hybridized carbons (Fsp3) is 0.692. The molecule has 21 heavy (non-hydrogen) atoms. The molecule has 0 rings (SSSR count). The summed E-state index contributed by atoms with van der Waals surface area (Å²) in [6.45, 7) is -0.270. The van der Waals surface area contributed by atoms with Crippen molar-refractivity contribution in [1.29, 1.82) is 0 Å². The molecule has 2 N–H and O–H groups in total. The number of ether oxygens (including phenoxy) is 2. The predicted octanol–water partition coefficient (Wildman–Crippen LogP) is 0.973. The van der Waals surface area contributed by atoms with Gasteiger partial charge >= 0.3 is 23.9 Å². The van der Waals surface area contributed by atoms with E-state index in [0.717, 1.165) is 0 Å². The average molecular weight is 304 g/mol. The third kappa shape index (κ3) is 14.1. The Morgan fingerprint density at radius 1 is 0.619 bits per heavy atom. The standard InChI is InChI=1S/C13H20O8/c14-10(15)6-8-20-12(18)4-2-1-3-5-13(19)21-9-7-11(16)17/h1-9H2,(H,14,15)(H,16,17). The molecule has 0 amide bonds. The molecule has 0 fully saturated rings. The van der Waals surface area contributed by atoms with Gasteiger partial charge in [0.1, 0.15) is 13.2 Å². The Balaban J connectivity index is 3.42. The van der Waals surface area contributed by atoms with E-state index in [4.69, 9.17) is 10.2 Å². The zero-order chi connectivity index (χ0) is 16.1. The Hall–Kier alpha value is -2.12. The summed E-state index contributed by atoms with van der Waals surface area (Å²) in [5.74, 6) is -2.96. The van der Waals surface area contributed by atoms with Crippen molar-refractivity contribution >= 4 is 23.9 Å². The van der Waals surface area contributed by atoms with Crippen LogP contribution in [0.1, 0.15) is 44.9 Å². The Morgan fingerprint density at radius 2 is 1.00 bits per heavy atom. The molecule has 8 heteroatoms. The minimum atomic E-state index is -1.02. The molecule has 0 spiro atoms. The van der Waals surface area contributed by atoms with Gasteiger partial charge in [0.05, 0.1) is 12.8 Å². The monoisotopic (exact) mass is 304 g/mol. The van der Waals surface area contributed by atoms with E-state index >= 15 is 0 Å². The lowest BCUT2D eigenvalue weighted by molar-refractivity contribution is -0.148. The molecule has 0 atom stereocenters. The molecule has 0 radical (unpaired) electrons. The lowest BCUT2D eigenvalue weighted by atomic mass is 10.1. The molecule has 0 aromatic rings. The first-order valence-electron chi connectivity index (χ1n) is 6.66. The van der Waals surface area contributed by atoms with E-state index in [1.807, 2.05) is 0 Å². The minimum absolute atomic E-state index is 0.135. The molecule has 0 saturated carbocycles. The van der Waals surface area contributed by atoms with Gasteiger partial charge < -0.3 is 19.7 Å². The van der Waals surface area contributed by atoms with Crippen LogP contribution in [0, 0.1) is 0 Å². The molecule has 0 bridgehead atoms. The zero-order valence-electron chi connectivity index (χ0n) is 11.7. The summed E-state index contributed by atoms with van der Waals surface area (Å²) in [5.41, 5.74) is 0. The van der Waals surface area contributed by atoms with Crippen LogP contribution in [0.3, 0.4) is 0 Å². The van der Waals surface area contributed by atoms with Crippen LogP contribution in [0.15, 0.2) is 0 Å². The largest absolute Gasteiger partial charge is 0.481 e. The highest BCUT2D eigenvalue weighted by Crippen LogP contribution is 2.05. The van der Waals surface area contributed by atoms with E-state index < -0.39 is 23.9 Å². The number of hydrogen-bond acceptors (Lipinski definition) is 6. The molecule has 8 nitrogen and oxygen atoms in total. The van der Waals surface area contributed by atoms with Gasteiger partial charge in [0.15, 0.2) is 0 Å². The second-order valence-corrected chi connectivity index (χ2v) is 4.29. The van der Waals surface area contributed by atoms with Crippen LogP contribution < -0.4 is 0 Å². The lowest BCUT2D eigenvalue weighted by Crippen LogP contribution is -2.10. The minimum Gasteiger partial charge on any atom is -0.481 e. The second-order valence-electron chi connectivity index (χ2n) is 4.29. The fourth-order valence-electron chi connectivity index (χ4n) is 1.36. The molecule has 0 aromatic heterocycles. The molecule has 0 saturated heterocycles. The molecular weight excluding hydrogens is 284 g/mol. The predicted molar refractivity (Wildman–Crippen MR) is 69.5 cm³/mol. The second kappa shape index (κ2) is 11.7. The summed E-state index contributed by atoms with van der Waals surface area (Å²) >= 11 is 0. The molecule has 0 aliphatic rings. The van der Waals surface area contributed by atoms with Gasteiger partial charge in [-0.05, 0) is 12.8 Å². The van der Waals surface area contributed by atoms with Crippen LogP contribution in [0.2, 0.25) is 0 Å². The highest BCUT2D eigenvalue weighted by atomic mass is 16.5. The Bertz CT molecular complexity index is 329. The molecule has 0 aliphatic carbocycles. The van der Waals surface area contributed by atoms with Crippen molar-refractivity contribution < 1.29 is 38.9 Å². The van der Waals surface area contributed by atoms with Crippen LogP contribution in [0.5, 0.6) is 0 Å². The molecular formula is C13H20O8. The lowest BCUT2D eigenvalue weighted by Gasteiger charge is -2.04. The summed E-state index contributed by atoms with van der Waals surface area (Å²) in [5, 5.41) is 16.7. The van der Waals surface area contributed by atoms with Crippen LogP contribution in [0.25, 0.3) is 0 Å². The summed E-state index contributed by atoms with van der Waals surface area (Å²) in [6, 6.07) is 0. The van der Waals surface area contributed by atoms with Gasteiger partial charge in [0.2, 0.25) is 0 Å². The average Bonchev–Trinajstić information content (AvgIpc) is 2.37. The third-order valence-corrected chi connectivity index (χ3v) is 2.42. The van der Waals surface area contributed by atoms with Gasteiger partial charge in [-0.25, -0.2) is 0 Å². The quantitative estimate of drug-likeness (QED) is 0.403. The summed E-state index contributed by atoms with van der Waals surface area (Å²) in [7, 11) is 0. The fourth-order valence-corrected chi connectivity index (χ4v) is 1.36. The van der Waals surface area contributed by atoms with Gasteiger partial charge in [-0.2, -0.15) is 0 Å². The zero-order valence-corrected chi connectivity index (χ0v) is 11.7. The van der Waals surface area contributed by atoms with Crippen molar-refractivity contribution in [3.63, 3.8) is 0 Å². The number of carboxylic acid groups (broad SMARTS) is 2. The first kappa shape index (κ1) is 18.9. The Kier molecular flexibility index (Phi) is 10.5. The van der Waals surface area contributed by atoms with Crippen molar-refractivity contribution in [2.45, 2.75) is 44.9 Å². The molecule has 0 aliphatic heterocycles. The number of rotatable bonds is 12. The third-order valence-electron chi connectivity index (χ3n) is 2.42. The summed E-state index contributed by atoms with van der Waals surface area (Å²) in [4.78, 5) is 42.7. The maximum Gasteiger partial charge on any atom is 0.306 e.